The summed E-state index contributed by atoms with van der Waals surface area (Å²) in [7, 11) is -7.99. The molecule has 9 N–H and O–H groups in total. The molecular weight excluding hydrogens is 665 g/mol. The van der Waals surface area contributed by atoms with Gasteiger partial charge in [0.05, 0.1) is 25.9 Å². The summed E-state index contributed by atoms with van der Waals surface area (Å²) >= 11 is 0. The number of nitrogens with zero attached hydrogens (tertiary/aromatic N) is 7. The van der Waals surface area contributed by atoms with Crippen LogP contribution in [0.1, 0.15) is 12.5 Å². The van der Waals surface area contributed by atoms with E-state index in [0.717, 1.165) is 17.2 Å². The number of hydrogen-bond acceptors (Lipinski definition) is 17. The van der Waals surface area contributed by atoms with E-state index in [1.807, 2.05) is 0 Å². The molecule has 2 aliphatic heterocycles. The number of phosphoric ester groups is 1. The topological polar surface area (TPSA) is 320 Å². The number of hydrogen-bond donors (Lipinski definition) is 7. The fourth-order valence-corrected chi connectivity index (χ4v) is 6.39. The number of alkyl halides is 1. The molecule has 0 saturated carbocycles. The number of nitrogen functional groups attached to an aromatic ring is 2. The van der Waals surface area contributed by atoms with Crippen molar-refractivity contribution in [3.63, 3.8) is 0 Å². The van der Waals surface area contributed by atoms with E-state index in [4.69, 9.17) is 34.7 Å². The summed E-state index contributed by atoms with van der Waals surface area (Å²) in [4.78, 5) is 54.1. The molecule has 46 heavy (non-hydrogen) atoms. The van der Waals surface area contributed by atoms with Gasteiger partial charge in [-0.05, 0) is 4.57 Å². The summed E-state index contributed by atoms with van der Waals surface area (Å²) in [6.45, 7) is -1.66. The quantitative estimate of drug-likeness (QED) is 0.0852. The standard InChI is InChI=1S/C21H25FN10O12P2/c22-9-13(7(1-33)42-19(9)31-4-27-10-15(23)25-3-26-16(10)31)44-46(38,39)41-2-8-12(34)14(40-6-45(36)37)20(43-8)32-5-28-11-17(32)29-21(24)30-18(11)35/h3-5,7-9,12-14,19-20,33-34H,1-2,6H2,(H6-,23,24,25,26,29,30,35,36,37,38,39)/p+1/t7-,8-,9?,12+,13+,14?,19-,20-/m1/s1. The minimum absolute atomic E-state index is 0.0172. The molecule has 22 nitrogen and oxygen atoms in total. The number of aromatic amines is 1. The molecule has 2 saturated heterocycles. The van der Waals surface area contributed by atoms with Gasteiger partial charge >= 0.3 is 15.9 Å². The van der Waals surface area contributed by atoms with Crippen molar-refractivity contribution in [1.82, 2.24) is 39.0 Å². The van der Waals surface area contributed by atoms with Gasteiger partial charge in [0, 0.05) is 0 Å². The van der Waals surface area contributed by atoms with Crippen molar-refractivity contribution < 1.29 is 56.8 Å². The van der Waals surface area contributed by atoms with Crippen LogP contribution in [0.2, 0.25) is 0 Å². The van der Waals surface area contributed by atoms with Gasteiger partial charge in [-0.25, -0.2) is 28.9 Å². The van der Waals surface area contributed by atoms with Crippen LogP contribution in [-0.2, 0) is 32.4 Å². The second-order valence-corrected chi connectivity index (χ2v) is 12.4. The molecular formula is C21H26FN10O12P2+. The Morgan fingerprint density at radius 2 is 1.76 bits per heavy atom. The Bertz CT molecular complexity index is 1880. The molecule has 0 amide bonds. The van der Waals surface area contributed by atoms with E-state index in [9.17, 15) is 33.9 Å². The number of nitrogens with one attached hydrogen (secondary N) is 1. The number of fused-ring (bicyclic) bond motifs is 2. The van der Waals surface area contributed by atoms with Crippen molar-refractivity contribution in [2.24, 2.45) is 0 Å². The molecule has 248 valence electrons. The Morgan fingerprint density at radius 3 is 2.48 bits per heavy atom. The first-order valence-corrected chi connectivity index (χ1v) is 16.1. The summed E-state index contributed by atoms with van der Waals surface area (Å²) < 4.78 is 69.1. The van der Waals surface area contributed by atoms with E-state index in [-0.39, 0.29) is 34.1 Å². The number of aliphatic hydroxyl groups is 2. The monoisotopic (exact) mass is 691 g/mol. The second-order valence-electron chi connectivity index (χ2n) is 10.1. The van der Waals surface area contributed by atoms with E-state index in [1.54, 1.807) is 0 Å². The molecule has 0 spiro atoms. The van der Waals surface area contributed by atoms with Crippen molar-refractivity contribution in [2.75, 3.05) is 31.0 Å². The van der Waals surface area contributed by atoms with E-state index in [1.165, 1.54) is 10.9 Å². The summed E-state index contributed by atoms with van der Waals surface area (Å²) in [6, 6.07) is 0. The predicted octanol–water partition coefficient (Wildman–Crippen LogP) is -1.81. The molecule has 4 aromatic rings. The number of H-pyrrole nitrogens is 1. The lowest BCUT2D eigenvalue weighted by Crippen LogP contribution is -2.36. The van der Waals surface area contributed by atoms with E-state index in [0.29, 0.717) is 0 Å². The first-order valence-electron chi connectivity index (χ1n) is 13.2. The van der Waals surface area contributed by atoms with Gasteiger partial charge in [0.25, 0.3) is 11.9 Å². The van der Waals surface area contributed by atoms with Crippen molar-refractivity contribution in [2.45, 2.75) is 49.1 Å². The van der Waals surface area contributed by atoms with Crippen molar-refractivity contribution in [3.05, 3.63) is 29.3 Å². The SMILES string of the molecule is Nc1nc2c(ncn2[C@@H]2O[C@H](COP(=O)(O)O[C@@H]3C(F)[C@H](n4cnc5c(N)ncnc54)O[C@@H]3CO)[C@H](O)C2OC[P+](=O)O)c(=O)[nH]1. The molecule has 0 aliphatic carbocycles. The highest BCUT2D eigenvalue weighted by Crippen LogP contribution is 2.50. The zero-order chi connectivity index (χ0) is 32.9. The maximum absolute atomic E-state index is 15.7. The number of halogens is 1. The zero-order valence-corrected chi connectivity index (χ0v) is 24.9. The van der Waals surface area contributed by atoms with Gasteiger partial charge in [0.2, 0.25) is 5.95 Å². The molecule has 4 unspecified atom stereocenters. The van der Waals surface area contributed by atoms with Crippen LogP contribution in [-0.4, -0.2) is 115 Å². The average Bonchev–Trinajstić information content (AvgIpc) is 3.76. The van der Waals surface area contributed by atoms with Gasteiger partial charge in [0.1, 0.15) is 42.4 Å². The Kier molecular flexibility index (Phi) is 8.82. The van der Waals surface area contributed by atoms with Crippen LogP contribution in [0, 0.1) is 0 Å². The molecule has 2 fully saturated rings. The molecule has 0 radical (unpaired) electrons. The highest BCUT2D eigenvalue weighted by Gasteiger charge is 2.52. The predicted molar refractivity (Wildman–Crippen MR) is 148 cm³/mol. The molecule has 4 aromatic heterocycles. The number of anilines is 2. The van der Waals surface area contributed by atoms with E-state index < -0.39 is 90.1 Å². The fourth-order valence-electron chi connectivity index (χ4n) is 5.14. The molecule has 10 atom stereocenters. The third-order valence-corrected chi connectivity index (χ3v) is 8.54. The molecule has 0 aromatic carbocycles. The average molecular weight is 691 g/mol. The van der Waals surface area contributed by atoms with Crippen LogP contribution in [0.3, 0.4) is 0 Å². The number of ether oxygens (including phenoxy) is 3. The molecule has 25 heteroatoms. The number of aromatic nitrogens is 8. The smallest absolute Gasteiger partial charge is 0.394 e. The van der Waals surface area contributed by atoms with Crippen LogP contribution >= 0.6 is 15.9 Å². The van der Waals surface area contributed by atoms with Gasteiger partial charge in [-0.15, -0.1) is 0 Å². The van der Waals surface area contributed by atoms with Crippen LogP contribution in [0.15, 0.2) is 23.8 Å². The fraction of sp³-hybridized carbons (Fsp3) is 0.524. The van der Waals surface area contributed by atoms with Gasteiger partial charge < -0.3 is 40.8 Å². The zero-order valence-electron chi connectivity index (χ0n) is 23.1. The summed E-state index contributed by atoms with van der Waals surface area (Å²) in [6.07, 6.45) is -10.1. The number of phosphoric acid groups is 1. The van der Waals surface area contributed by atoms with E-state index >= 15 is 4.39 Å². The first kappa shape index (κ1) is 32.3. The normalized spacial score (nSPS) is 29.9. The summed E-state index contributed by atoms with van der Waals surface area (Å²) in [5.41, 5.74) is 10.7. The van der Waals surface area contributed by atoms with Crippen LogP contribution < -0.4 is 17.0 Å². The van der Waals surface area contributed by atoms with Crippen molar-refractivity contribution in [1.29, 1.82) is 0 Å². The summed E-state index contributed by atoms with van der Waals surface area (Å²) in [5.74, 6) is -0.250. The largest absolute Gasteiger partial charge is 0.534 e. The highest BCUT2D eigenvalue weighted by atomic mass is 31.2. The maximum Gasteiger partial charge on any atom is 0.534 e. The number of imidazole rings is 2. The van der Waals surface area contributed by atoms with Gasteiger partial charge in [-0.2, -0.15) is 9.88 Å². The second kappa shape index (κ2) is 12.5. The number of nitrogens with two attached hydrogens (primary N) is 2. The van der Waals surface area contributed by atoms with Crippen LogP contribution in [0.5, 0.6) is 0 Å². The minimum atomic E-state index is -5.16. The minimum Gasteiger partial charge on any atom is -0.394 e. The Balaban J connectivity index is 1.18. The van der Waals surface area contributed by atoms with Gasteiger partial charge in [-0.1, -0.05) is 0 Å². The number of rotatable bonds is 11. The third kappa shape index (κ3) is 5.98. The van der Waals surface area contributed by atoms with Crippen molar-refractivity contribution in [3.8, 4) is 0 Å². The lowest BCUT2D eigenvalue weighted by atomic mass is 10.1. The third-order valence-electron chi connectivity index (χ3n) is 7.18. The first-order chi connectivity index (χ1) is 21.9. The molecule has 6 rings (SSSR count). The Morgan fingerprint density at radius 1 is 1.07 bits per heavy atom. The van der Waals surface area contributed by atoms with Crippen LogP contribution in [0.4, 0.5) is 16.2 Å². The molecule has 2 aliphatic rings. The number of aliphatic hydroxyl groups excluding tert-OH is 2. The van der Waals surface area contributed by atoms with Crippen LogP contribution in [0.25, 0.3) is 22.3 Å². The van der Waals surface area contributed by atoms with Gasteiger partial charge in [-0.3, -0.25) is 28.0 Å². The van der Waals surface area contributed by atoms with E-state index in [2.05, 4.69) is 29.9 Å². The maximum atomic E-state index is 15.7. The Labute approximate surface area is 255 Å². The molecule has 6 heterocycles. The molecule has 0 bridgehead atoms. The summed E-state index contributed by atoms with van der Waals surface area (Å²) in [5, 5.41) is 20.8. The van der Waals surface area contributed by atoms with Crippen molar-refractivity contribution >= 4 is 49.9 Å². The highest BCUT2D eigenvalue weighted by molar-refractivity contribution is 7.47. The lowest BCUT2D eigenvalue weighted by molar-refractivity contribution is -0.0648. The van der Waals surface area contributed by atoms with Gasteiger partial charge in [0.15, 0.2) is 41.3 Å². The lowest BCUT2D eigenvalue weighted by Gasteiger charge is -2.22. The Hall–Kier alpha value is -3.60.